The molecule has 0 aliphatic carbocycles. The van der Waals surface area contributed by atoms with E-state index in [1.54, 1.807) is 6.20 Å². The normalized spacial score (nSPS) is 14.7. The Kier molecular flexibility index (Phi) is 5.34. The second kappa shape index (κ2) is 8.45. The summed E-state index contributed by atoms with van der Waals surface area (Å²) in [5.74, 6) is 3.68. The number of hydrogen-bond donors (Lipinski definition) is 2. The molecule has 0 spiro atoms. The number of rotatable bonds is 5. The lowest BCUT2D eigenvalue weighted by Gasteiger charge is -2.31. The third kappa shape index (κ3) is 4.49. The maximum absolute atomic E-state index is 4.83. The average molecular weight is 429 g/mol. The van der Waals surface area contributed by atoms with E-state index in [0.717, 1.165) is 59.1 Å². The van der Waals surface area contributed by atoms with Crippen molar-refractivity contribution in [1.29, 1.82) is 0 Å². The number of piperidine rings is 1. The molecule has 1 aliphatic rings. The molecule has 0 amide bonds. The monoisotopic (exact) mass is 428 g/mol. The molecule has 0 saturated carbocycles. The second-order valence-electron chi connectivity index (χ2n) is 8.63. The van der Waals surface area contributed by atoms with E-state index in [2.05, 4.69) is 45.4 Å². The van der Waals surface area contributed by atoms with Crippen LogP contribution in [0, 0.1) is 19.8 Å². The van der Waals surface area contributed by atoms with Gasteiger partial charge in [0.25, 0.3) is 0 Å². The van der Waals surface area contributed by atoms with Gasteiger partial charge in [0, 0.05) is 55.2 Å². The van der Waals surface area contributed by atoms with Gasteiger partial charge in [0.15, 0.2) is 0 Å². The zero-order chi connectivity index (χ0) is 22.1. The summed E-state index contributed by atoms with van der Waals surface area (Å²) in [5.41, 5.74) is 3.91. The van der Waals surface area contributed by atoms with Crippen molar-refractivity contribution in [1.82, 2.24) is 24.3 Å². The highest BCUT2D eigenvalue weighted by molar-refractivity contribution is 5.65. The van der Waals surface area contributed by atoms with E-state index in [4.69, 9.17) is 9.97 Å². The van der Waals surface area contributed by atoms with Gasteiger partial charge in [0.1, 0.15) is 23.1 Å². The molecule has 0 bridgehead atoms. The first kappa shape index (κ1) is 20.2. The molecule has 8 nitrogen and oxygen atoms in total. The van der Waals surface area contributed by atoms with Crippen molar-refractivity contribution in [3.05, 3.63) is 60.2 Å². The van der Waals surface area contributed by atoms with E-state index < -0.39 is 0 Å². The summed E-state index contributed by atoms with van der Waals surface area (Å²) in [6.07, 6.45) is 8.04. The minimum atomic E-state index is 0.531. The number of nitrogens with one attached hydrogen (secondary N) is 2. The molecule has 0 aromatic carbocycles. The Morgan fingerprint density at radius 2 is 1.72 bits per heavy atom. The number of hydrogen-bond acceptors (Lipinski definition) is 7. The van der Waals surface area contributed by atoms with Gasteiger partial charge in [-0.25, -0.2) is 9.97 Å². The summed E-state index contributed by atoms with van der Waals surface area (Å²) in [7, 11) is 0. The van der Waals surface area contributed by atoms with Crippen molar-refractivity contribution in [3.8, 4) is 0 Å². The van der Waals surface area contributed by atoms with Gasteiger partial charge in [0.2, 0.25) is 5.95 Å². The summed E-state index contributed by atoms with van der Waals surface area (Å²) in [6.45, 7) is 8.36. The molecule has 1 aliphatic heterocycles. The Hall–Kier alpha value is -3.68. The molecule has 32 heavy (non-hydrogen) atoms. The van der Waals surface area contributed by atoms with Gasteiger partial charge in [-0.05, 0) is 56.4 Å². The van der Waals surface area contributed by atoms with E-state index in [0.29, 0.717) is 5.95 Å². The van der Waals surface area contributed by atoms with Crippen LogP contribution in [0.3, 0.4) is 0 Å². The summed E-state index contributed by atoms with van der Waals surface area (Å²) >= 11 is 0. The van der Waals surface area contributed by atoms with Crippen molar-refractivity contribution in [2.24, 2.45) is 5.92 Å². The smallest absolute Gasteiger partial charge is 0.232 e. The predicted molar refractivity (Wildman–Crippen MR) is 128 cm³/mol. The van der Waals surface area contributed by atoms with Crippen LogP contribution in [0.25, 0.3) is 5.65 Å². The maximum atomic E-state index is 4.83. The zero-order valence-corrected chi connectivity index (χ0v) is 18.7. The molecule has 4 aromatic rings. The van der Waals surface area contributed by atoms with Crippen LogP contribution < -0.4 is 15.5 Å². The molecule has 1 fully saturated rings. The summed E-state index contributed by atoms with van der Waals surface area (Å²) < 4.78 is 1.98. The Bertz CT molecular complexity index is 1220. The van der Waals surface area contributed by atoms with Crippen LogP contribution in [-0.4, -0.2) is 37.4 Å². The number of aromatic nitrogens is 5. The van der Waals surface area contributed by atoms with Crippen molar-refractivity contribution in [2.75, 3.05) is 28.6 Å². The lowest BCUT2D eigenvalue weighted by molar-refractivity contribution is 0.436. The third-order valence-electron chi connectivity index (χ3n) is 5.83. The van der Waals surface area contributed by atoms with Gasteiger partial charge in [-0.15, -0.1) is 0 Å². The van der Waals surface area contributed by atoms with Gasteiger partial charge in [0.05, 0.1) is 0 Å². The summed E-state index contributed by atoms with van der Waals surface area (Å²) in [6, 6.07) is 10.1. The van der Waals surface area contributed by atoms with Crippen LogP contribution in [0.2, 0.25) is 0 Å². The summed E-state index contributed by atoms with van der Waals surface area (Å²) in [5, 5.41) is 6.74. The highest BCUT2D eigenvalue weighted by Gasteiger charge is 2.19. The van der Waals surface area contributed by atoms with Crippen LogP contribution in [0.5, 0.6) is 0 Å². The maximum Gasteiger partial charge on any atom is 0.232 e. The quantitative estimate of drug-likeness (QED) is 0.470. The SMILES string of the molecule is Cc1cc(C)nc(Nc2nc(Nc3ccn4ccnc4c3)cc(N3CCC(C)CC3)n2)c1. The van der Waals surface area contributed by atoms with E-state index in [-0.39, 0.29) is 0 Å². The lowest BCUT2D eigenvalue weighted by Crippen LogP contribution is -2.33. The minimum Gasteiger partial charge on any atom is -0.356 e. The molecular formula is C24H28N8. The van der Waals surface area contributed by atoms with Crippen LogP contribution in [-0.2, 0) is 0 Å². The molecule has 1 saturated heterocycles. The van der Waals surface area contributed by atoms with Gasteiger partial charge in [-0.3, -0.25) is 0 Å². The van der Waals surface area contributed by atoms with Crippen molar-refractivity contribution >= 4 is 34.7 Å². The number of aryl methyl sites for hydroxylation is 2. The van der Waals surface area contributed by atoms with Crippen molar-refractivity contribution < 1.29 is 0 Å². The predicted octanol–water partition coefficient (Wildman–Crippen LogP) is 4.86. The Morgan fingerprint density at radius 3 is 2.53 bits per heavy atom. The first-order chi connectivity index (χ1) is 15.5. The molecule has 5 rings (SSSR count). The molecule has 0 atom stereocenters. The highest BCUT2D eigenvalue weighted by atomic mass is 15.3. The fourth-order valence-corrected chi connectivity index (χ4v) is 4.11. The lowest BCUT2D eigenvalue weighted by atomic mass is 9.99. The first-order valence-electron chi connectivity index (χ1n) is 11.1. The van der Waals surface area contributed by atoms with E-state index in [9.17, 15) is 0 Å². The standard InChI is InChI=1S/C24H28N8/c1-16-4-8-31(9-5-16)23-15-21(27-19-6-10-32-11-7-25-22(32)14-19)29-24(30-23)28-20-13-17(2)12-18(3)26-20/h6-7,10-16H,4-5,8-9H2,1-3H3,(H2,26,27,28,29,30). The average Bonchev–Trinajstić information content (AvgIpc) is 3.21. The third-order valence-corrected chi connectivity index (χ3v) is 5.83. The van der Waals surface area contributed by atoms with Crippen LogP contribution in [0.4, 0.5) is 29.1 Å². The van der Waals surface area contributed by atoms with Gasteiger partial charge >= 0.3 is 0 Å². The number of fused-ring (bicyclic) bond motifs is 1. The van der Waals surface area contributed by atoms with Gasteiger partial charge < -0.3 is 19.9 Å². The molecule has 5 heterocycles. The molecule has 164 valence electrons. The Labute approximate surface area is 187 Å². The van der Waals surface area contributed by atoms with Crippen molar-refractivity contribution in [3.63, 3.8) is 0 Å². The van der Waals surface area contributed by atoms with Gasteiger partial charge in [-0.1, -0.05) is 6.92 Å². The van der Waals surface area contributed by atoms with Crippen LogP contribution >= 0.6 is 0 Å². The van der Waals surface area contributed by atoms with Crippen LogP contribution in [0.1, 0.15) is 31.0 Å². The summed E-state index contributed by atoms with van der Waals surface area (Å²) in [4.78, 5) is 20.9. The van der Waals surface area contributed by atoms with E-state index >= 15 is 0 Å². The van der Waals surface area contributed by atoms with Crippen LogP contribution in [0.15, 0.2) is 48.9 Å². The number of nitrogens with zero attached hydrogens (tertiary/aromatic N) is 6. The Morgan fingerprint density at radius 1 is 0.906 bits per heavy atom. The fraction of sp³-hybridized carbons (Fsp3) is 0.333. The largest absolute Gasteiger partial charge is 0.356 e. The molecule has 4 aromatic heterocycles. The van der Waals surface area contributed by atoms with E-state index in [1.165, 1.54) is 12.8 Å². The van der Waals surface area contributed by atoms with E-state index in [1.807, 2.05) is 48.0 Å². The van der Waals surface area contributed by atoms with Crippen molar-refractivity contribution in [2.45, 2.75) is 33.6 Å². The topological polar surface area (TPSA) is 83.3 Å². The number of anilines is 5. The second-order valence-corrected chi connectivity index (χ2v) is 8.63. The first-order valence-corrected chi connectivity index (χ1v) is 11.1. The zero-order valence-electron chi connectivity index (χ0n) is 18.7. The van der Waals surface area contributed by atoms with Gasteiger partial charge in [-0.2, -0.15) is 9.97 Å². The fourth-order valence-electron chi connectivity index (χ4n) is 4.11. The number of imidazole rings is 1. The highest BCUT2D eigenvalue weighted by Crippen LogP contribution is 2.27. The number of pyridine rings is 2. The molecule has 0 radical (unpaired) electrons. The molecule has 2 N–H and O–H groups in total. The molecule has 0 unspecified atom stereocenters. The minimum absolute atomic E-state index is 0.531. The molecular weight excluding hydrogens is 400 g/mol. The molecule has 8 heteroatoms. The Balaban J connectivity index is 1.47.